The van der Waals surface area contributed by atoms with Gasteiger partial charge in [-0.15, -0.1) is 0 Å². The van der Waals surface area contributed by atoms with E-state index in [-0.39, 0.29) is 11.8 Å². The third-order valence-electron chi connectivity index (χ3n) is 4.34. The third-order valence-corrected chi connectivity index (χ3v) is 4.69. The first-order chi connectivity index (χ1) is 13.5. The number of carbonyl (C=O) groups is 2. The lowest BCUT2D eigenvalue weighted by atomic mass is 10.2. The highest BCUT2D eigenvalue weighted by Gasteiger charge is 2.07. The van der Waals surface area contributed by atoms with E-state index in [9.17, 15) is 9.59 Å². The van der Waals surface area contributed by atoms with E-state index in [4.69, 9.17) is 11.6 Å². The molecule has 0 heterocycles. The number of hydrogen-bond acceptors (Lipinski definition) is 3. The highest BCUT2D eigenvalue weighted by Crippen LogP contribution is 2.16. The lowest BCUT2D eigenvalue weighted by Gasteiger charge is -2.17. The quantitative estimate of drug-likeness (QED) is 0.625. The number of nitrogens with zero attached hydrogens (tertiary/aromatic N) is 1. The minimum atomic E-state index is -0.267. The Kier molecular flexibility index (Phi) is 8.72. The number of likely N-dealkylation sites (N-methyl/N-ethyl adjacent to an activating group) is 1. The van der Waals surface area contributed by atoms with Gasteiger partial charge in [0.05, 0.1) is 0 Å². The molecule has 0 spiro atoms. The Balaban J connectivity index is 1.85. The molecule has 0 atom stereocenters. The summed E-state index contributed by atoms with van der Waals surface area (Å²) in [7, 11) is 0. The van der Waals surface area contributed by atoms with E-state index in [2.05, 4.69) is 29.4 Å². The SMILES string of the molecule is CCN(CC)CCNC(=O)c1ccc(NC(=O)/C=C/c2ccccc2Cl)cc1. The van der Waals surface area contributed by atoms with Crippen LogP contribution in [0.2, 0.25) is 5.02 Å². The van der Waals surface area contributed by atoms with Crippen molar-refractivity contribution in [2.75, 3.05) is 31.5 Å². The minimum Gasteiger partial charge on any atom is -0.351 e. The number of halogens is 1. The van der Waals surface area contributed by atoms with Gasteiger partial charge in [0.25, 0.3) is 5.91 Å². The van der Waals surface area contributed by atoms with Gasteiger partial charge in [-0.25, -0.2) is 0 Å². The molecule has 2 N–H and O–H groups in total. The second kappa shape index (κ2) is 11.3. The van der Waals surface area contributed by atoms with Crippen molar-refractivity contribution in [1.82, 2.24) is 10.2 Å². The summed E-state index contributed by atoms with van der Waals surface area (Å²) in [5.74, 6) is -0.389. The summed E-state index contributed by atoms with van der Waals surface area (Å²) in [6, 6.07) is 14.1. The Morgan fingerprint density at radius 2 is 1.71 bits per heavy atom. The molecule has 2 aromatic rings. The molecular formula is C22H26ClN3O2. The molecule has 0 unspecified atom stereocenters. The second-order valence-corrected chi connectivity index (χ2v) is 6.61. The van der Waals surface area contributed by atoms with Crippen molar-refractivity contribution in [3.05, 3.63) is 70.8 Å². The van der Waals surface area contributed by atoms with Gasteiger partial charge in [0.2, 0.25) is 5.91 Å². The number of amides is 2. The van der Waals surface area contributed by atoms with Crippen LogP contribution >= 0.6 is 11.6 Å². The van der Waals surface area contributed by atoms with Gasteiger partial charge >= 0.3 is 0 Å². The molecule has 5 nitrogen and oxygen atoms in total. The first-order valence-corrected chi connectivity index (χ1v) is 9.75. The molecule has 0 aliphatic carbocycles. The first kappa shape index (κ1) is 21.7. The molecular weight excluding hydrogens is 374 g/mol. The van der Waals surface area contributed by atoms with Crippen LogP contribution in [-0.2, 0) is 4.79 Å². The molecule has 0 radical (unpaired) electrons. The van der Waals surface area contributed by atoms with Crippen molar-refractivity contribution in [2.45, 2.75) is 13.8 Å². The van der Waals surface area contributed by atoms with Gasteiger partial charge in [0, 0.05) is 35.4 Å². The van der Waals surface area contributed by atoms with Gasteiger partial charge < -0.3 is 15.5 Å². The van der Waals surface area contributed by atoms with E-state index >= 15 is 0 Å². The molecule has 0 aromatic heterocycles. The van der Waals surface area contributed by atoms with Crippen LogP contribution < -0.4 is 10.6 Å². The number of hydrogen-bond donors (Lipinski definition) is 2. The Labute approximate surface area is 171 Å². The zero-order chi connectivity index (χ0) is 20.4. The summed E-state index contributed by atoms with van der Waals surface area (Å²) < 4.78 is 0. The van der Waals surface area contributed by atoms with Gasteiger partial charge in [0.1, 0.15) is 0 Å². The van der Waals surface area contributed by atoms with E-state index in [1.807, 2.05) is 18.2 Å². The fourth-order valence-corrected chi connectivity index (χ4v) is 2.83. The number of nitrogens with one attached hydrogen (secondary N) is 2. The highest BCUT2D eigenvalue weighted by atomic mass is 35.5. The van der Waals surface area contributed by atoms with E-state index in [1.54, 1.807) is 36.4 Å². The molecule has 148 valence electrons. The predicted octanol–water partition coefficient (Wildman–Crippen LogP) is 4.06. The van der Waals surface area contributed by atoms with Crippen LogP contribution in [-0.4, -0.2) is 42.9 Å². The normalized spacial score (nSPS) is 11.0. The number of benzene rings is 2. The number of carbonyl (C=O) groups excluding carboxylic acids is 2. The lowest BCUT2D eigenvalue weighted by molar-refractivity contribution is -0.111. The molecule has 0 fully saturated rings. The van der Waals surface area contributed by atoms with Gasteiger partial charge in [-0.1, -0.05) is 43.6 Å². The highest BCUT2D eigenvalue weighted by molar-refractivity contribution is 6.32. The maximum absolute atomic E-state index is 12.2. The monoisotopic (exact) mass is 399 g/mol. The van der Waals surface area contributed by atoms with Crippen molar-refractivity contribution in [3.63, 3.8) is 0 Å². The van der Waals surface area contributed by atoms with Crippen LogP contribution in [0, 0.1) is 0 Å². The zero-order valence-electron chi connectivity index (χ0n) is 16.2. The van der Waals surface area contributed by atoms with E-state index in [0.717, 1.165) is 25.2 Å². The van der Waals surface area contributed by atoms with E-state index in [1.165, 1.54) is 6.08 Å². The number of anilines is 1. The topological polar surface area (TPSA) is 61.4 Å². The fourth-order valence-electron chi connectivity index (χ4n) is 2.63. The standard InChI is InChI=1S/C22H26ClN3O2/c1-3-26(4-2)16-15-24-22(28)18-9-12-19(13-10-18)25-21(27)14-11-17-7-5-6-8-20(17)23/h5-14H,3-4,15-16H2,1-2H3,(H,24,28)(H,25,27)/b14-11+. The molecule has 0 saturated carbocycles. The minimum absolute atomic E-state index is 0.122. The summed E-state index contributed by atoms with van der Waals surface area (Å²) >= 11 is 6.06. The van der Waals surface area contributed by atoms with Gasteiger partial charge in [-0.3, -0.25) is 9.59 Å². The number of rotatable bonds is 9. The zero-order valence-corrected chi connectivity index (χ0v) is 17.0. The van der Waals surface area contributed by atoms with Gasteiger partial charge in [-0.2, -0.15) is 0 Å². The first-order valence-electron chi connectivity index (χ1n) is 9.37. The van der Waals surface area contributed by atoms with Crippen LogP contribution in [0.4, 0.5) is 5.69 Å². The molecule has 28 heavy (non-hydrogen) atoms. The predicted molar refractivity (Wildman–Crippen MR) is 116 cm³/mol. The van der Waals surface area contributed by atoms with Crippen molar-refractivity contribution in [2.24, 2.45) is 0 Å². The van der Waals surface area contributed by atoms with Crippen molar-refractivity contribution < 1.29 is 9.59 Å². The third kappa shape index (κ3) is 6.83. The van der Waals surface area contributed by atoms with Crippen molar-refractivity contribution in [1.29, 1.82) is 0 Å². The van der Waals surface area contributed by atoms with Crippen LogP contribution in [0.1, 0.15) is 29.8 Å². The Hall–Kier alpha value is -2.63. The van der Waals surface area contributed by atoms with Crippen LogP contribution in [0.25, 0.3) is 6.08 Å². The van der Waals surface area contributed by atoms with Crippen LogP contribution in [0.15, 0.2) is 54.6 Å². The van der Waals surface area contributed by atoms with Crippen molar-refractivity contribution in [3.8, 4) is 0 Å². The molecule has 2 rings (SSSR count). The maximum atomic E-state index is 12.2. The van der Waals surface area contributed by atoms with Crippen LogP contribution in [0.3, 0.4) is 0 Å². The average Bonchev–Trinajstić information content (AvgIpc) is 2.71. The Morgan fingerprint density at radius 3 is 2.36 bits per heavy atom. The second-order valence-electron chi connectivity index (χ2n) is 6.20. The average molecular weight is 400 g/mol. The molecule has 0 aliphatic rings. The Bertz CT molecular complexity index is 815. The fraction of sp³-hybridized carbons (Fsp3) is 0.273. The van der Waals surface area contributed by atoms with E-state index < -0.39 is 0 Å². The molecule has 0 saturated heterocycles. The molecule has 0 aliphatic heterocycles. The Morgan fingerprint density at radius 1 is 1.04 bits per heavy atom. The molecule has 0 bridgehead atoms. The van der Waals surface area contributed by atoms with Gasteiger partial charge in [0.15, 0.2) is 0 Å². The summed E-state index contributed by atoms with van der Waals surface area (Å²) in [6.07, 6.45) is 3.09. The summed E-state index contributed by atoms with van der Waals surface area (Å²) in [4.78, 5) is 26.5. The maximum Gasteiger partial charge on any atom is 0.251 e. The molecule has 2 aromatic carbocycles. The summed E-state index contributed by atoms with van der Waals surface area (Å²) in [5, 5.41) is 6.26. The molecule has 2 amide bonds. The van der Waals surface area contributed by atoms with Crippen LogP contribution in [0.5, 0.6) is 0 Å². The largest absolute Gasteiger partial charge is 0.351 e. The smallest absolute Gasteiger partial charge is 0.251 e. The summed E-state index contributed by atoms with van der Waals surface area (Å²) in [5.41, 5.74) is 1.95. The van der Waals surface area contributed by atoms with Crippen molar-refractivity contribution >= 4 is 35.2 Å². The summed E-state index contributed by atoms with van der Waals surface area (Å²) in [6.45, 7) is 7.55. The van der Waals surface area contributed by atoms with E-state index in [0.29, 0.717) is 22.8 Å². The molecule has 6 heteroatoms. The lowest BCUT2D eigenvalue weighted by Crippen LogP contribution is -2.34. The van der Waals surface area contributed by atoms with Gasteiger partial charge in [-0.05, 0) is 55.1 Å².